The van der Waals surface area contributed by atoms with Gasteiger partial charge in [-0.25, -0.2) is 0 Å². The summed E-state index contributed by atoms with van der Waals surface area (Å²) in [7, 11) is 0. The highest BCUT2D eigenvalue weighted by Gasteiger charge is 2.52. The lowest BCUT2D eigenvalue weighted by molar-refractivity contribution is 0.0216. The molecule has 2 heteroatoms. The summed E-state index contributed by atoms with van der Waals surface area (Å²) in [6.45, 7) is 6.69. The molecule has 2 rings (SSSR count). The third-order valence-corrected chi connectivity index (χ3v) is 3.34. The Labute approximate surface area is 74.6 Å². The lowest BCUT2D eigenvalue weighted by Gasteiger charge is -2.44. The van der Waals surface area contributed by atoms with Gasteiger partial charge < -0.3 is 5.11 Å². The third kappa shape index (κ3) is 1.50. The second-order valence-electron chi connectivity index (χ2n) is 4.84. The van der Waals surface area contributed by atoms with E-state index in [0.29, 0.717) is 6.04 Å². The molecule has 0 radical (unpaired) electrons. The van der Waals surface area contributed by atoms with E-state index in [1.54, 1.807) is 0 Å². The highest BCUT2D eigenvalue weighted by molar-refractivity contribution is 5.06. The predicted molar refractivity (Wildman–Crippen MR) is 49.0 cm³/mol. The second kappa shape index (κ2) is 2.71. The fraction of sp³-hybridized carbons (Fsp3) is 1.00. The molecule has 1 spiro atoms. The van der Waals surface area contributed by atoms with Crippen LogP contribution in [-0.2, 0) is 0 Å². The van der Waals surface area contributed by atoms with Gasteiger partial charge in [-0.2, -0.15) is 0 Å². The Bertz CT molecular complexity index is 164. The van der Waals surface area contributed by atoms with E-state index in [9.17, 15) is 5.11 Å². The molecule has 70 valence electrons. The molecule has 1 aliphatic carbocycles. The average Bonchev–Trinajstić information content (AvgIpc) is 2.59. The first-order valence-corrected chi connectivity index (χ1v) is 5.03. The number of hydrogen-bond donors (Lipinski definition) is 1. The molecule has 2 atom stereocenters. The van der Waals surface area contributed by atoms with Gasteiger partial charge in [-0.3, -0.25) is 4.90 Å². The topological polar surface area (TPSA) is 23.5 Å². The molecule has 1 heterocycles. The minimum atomic E-state index is -0.143. The molecule has 0 aromatic rings. The number of likely N-dealkylation sites (tertiary alicyclic amines) is 1. The van der Waals surface area contributed by atoms with Crippen LogP contribution in [0.15, 0.2) is 0 Å². The Morgan fingerprint density at radius 3 is 2.33 bits per heavy atom. The van der Waals surface area contributed by atoms with Gasteiger partial charge >= 0.3 is 0 Å². The van der Waals surface area contributed by atoms with E-state index in [1.807, 2.05) is 6.92 Å². The molecule has 12 heavy (non-hydrogen) atoms. The van der Waals surface area contributed by atoms with Crippen molar-refractivity contribution in [2.24, 2.45) is 5.41 Å². The zero-order valence-electron chi connectivity index (χ0n) is 8.08. The van der Waals surface area contributed by atoms with E-state index >= 15 is 0 Å². The van der Waals surface area contributed by atoms with Crippen LogP contribution in [0.2, 0.25) is 0 Å². The van der Waals surface area contributed by atoms with Gasteiger partial charge in [0.15, 0.2) is 0 Å². The summed E-state index contributed by atoms with van der Waals surface area (Å²) in [6.07, 6.45) is 3.68. The molecule has 1 N–H and O–H groups in total. The van der Waals surface area contributed by atoms with E-state index in [1.165, 1.54) is 25.9 Å². The summed E-state index contributed by atoms with van der Waals surface area (Å²) < 4.78 is 0. The predicted octanol–water partition coefficient (Wildman–Crippen LogP) is 1.24. The molecular weight excluding hydrogens is 150 g/mol. The van der Waals surface area contributed by atoms with Crippen molar-refractivity contribution >= 4 is 0 Å². The molecule has 0 amide bonds. The fourth-order valence-corrected chi connectivity index (χ4v) is 2.26. The molecule has 2 fully saturated rings. The van der Waals surface area contributed by atoms with Crippen molar-refractivity contribution in [2.45, 2.75) is 45.3 Å². The normalized spacial score (nSPS) is 31.2. The van der Waals surface area contributed by atoms with Gasteiger partial charge in [-0.05, 0) is 38.5 Å². The standard InChI is InChI=1S/C10H19NO/c1-8(5-9(2)12)11-6-10(7-11)3-4-10/h8-9,12H,3-7H2,1-2H3. The summed E-state index contributed by atoms with van der Waals surface area (Å²) in [5.74, 6) is 0. The summed E-state index contributed by atoms with van der Waals surface area (Å²) in [4.78, 5) is 2.50. The highest BCUT2D eigenvalue weighted by Crippen LogP contribution is 2.53. The van der Waals surface area contributed by atoms with Crippen molar-refractivity contribution in [3.8, 4) is 0 Å². The zero-order valence-corrected chi connectivity index (χ0v) is 8.08. The van der Waals surface area contributed by atoms with Crippen LogP contribution in [0.3, 0.4) is 0 Å². The number of rotatable bonds is 3. The van der Waals surface area contributed by atoms with Crippen LogP contribution >= 0.6 is 0 Å². The van der Waals surface area contributed by atoms with Gasteiger partial charge in [0.25, 0.3) is 0 Å². The van der Waals surface area contributed by atoms with Crippen molar-refractivity contribution in [1.29, 1.82) is 0 Å². The number of nitrogens with zero attached hydrogens (tertiary/aromatic N) is 1. The molecular formula is C10H19NO. The average molecular weight is 169 g/mol. The maximum atomic E-state index is 9.21. The van der Waals surface area contributed by atoms with Gasteiger partial charge in [0, 0.05) is 19.1 Å². The lowest BCUT2D eigenvalue weighted by atomic mass is 9.93. The van der Waals surface area contributed by atoms with Crippen LogP contribution in [0.5, 0.6) is 0 Å². The highest BCUT2D eigenvalue weighted by atomic mass is 16.3. The summed E-state index contributed by atoms with van der Waals surface area (Å²) in [6, 6.07) is 0.580. The minimum Gasteiger partial charge on any atom is -0.393 e. The molecule has 1 aliphatic heterocycles. The van der Waals surface area contributed by atoms with Gasteiger partial charge in [0.2, 0.25) is 0 Å². The lowest BCUT2D eigenvalue weighted by Crippen LogP contribution is -2.53. The van der Waals surface area contributed by atoms with E-state index in [-0.39, 0.29) is 6.10 Å². The second-order valence-corrected chi connectivity index (χ2v) is 4.84. The molecule has 2 nitrogen and oxygen atoms in total. The Morgan fingerprint density at radius 1 is 1.33 bits per heavy atom. The molecule has 2 aliphatic rings. The van der Waals surface area contributed by atoms with Gasteiger partial charge in [-0.1, -0.05) is 0 Å². The minimum absolute atomic E-state index is 0.143. The van der Waals surface area contributed by atoms with Crippen molar-refractivity contribution in [1.82, 2.24) is 4.90 Å². The summed E-state index contributed by atoms with van der Waals surface area (Å²) >= 11 is 0. The number of aliphatic hydroxyl groups excluding tert-OH is 1. The molecule has 2 unspecified atom stereocenters. The zero-order chi connectivity index (χ0) is 8.77. The summed E-state index contributed by atoms with van der Waals surface area (Å²) in [5, 5.41) is 9.21. The van der Waals surface area contributed by atoms with Crippen molar-refractivity contribution in [3.05, 3.63) is 0 Å². The van der Waals surface area contributed by atoms with Gasteiger partial charge in [-0.15, -0.1) is 0 Å². The van der Waals surface area contributed by atoms with Crippen molar-refractivity contribution < 1.29 is 5.11 Å². The first-order valence-electron chi connectivity index (χ1n) is 5.03. The monoisotopic (exact) mass is 169 g/mol. The Kier molecular flexibility index (Phi) is 1.92. The largest absolute Gasteiger partial charge is 0.393 e. The van der Waals surface area contributed by atoms with E-state index in [4.69, 9.17) is 0 Å². The number of hydrogen-bond acceptors (Lipinski definition) is 2. The smallest absolute Gasteiger partial charge is 0.0526 e. The summed E-state index contributed by atoms with van der Waals surface area (Å²) in [5.41, 5.74) is 0.757. The van der Waals surface area contributed by atoms with Crippen LogP contribution in [0.1, 0.15) is 33.1 Å². The third-order valence-electron chi connectivity index (χ3n) is 3.34. The van der Waals surface area contributed by atoms with Crippen LogP contribution < -0.4 is 0 Å². The van der Waals surface area contributed by atoms with E-state index in [0.717, 1.165) is 11.8 Å². The maximum Gasteiger partial charge on any atom is 0.0526 e. The van der Waals surface area contributed by atoms with Crippen LogP contribution in [0, 0.1) is 5.41 Å². The van der Waals surface area contributed by atoms with Gasteiger partial charge in [0.05, 0.1) is 6.10 Å². The van der Waals surface area contributed by atoms with E-state index < -0.39 is 0 Å². The Morgan fingerprint density at radius 2 is 1.92 bits per heavy atom. The van der Waals surface area contributed by atoms with Crippen LogP contribution in [-0.4, -0.2) is 35.2 Å². The maximum absolute atomic E-state index is 9.21. The quantitative estimate of drug-likeness (QED) is 0.687. The molecule has 0 aromatic heterocycles. The van der Waals surface area contributed by atoms with Crippen LogP contribution in [0.4, 0.5) is 0 Å². The van der Waals surface area contributed by atoms with E-state index in [2.05, 4.69) is 11.8 Å². The SMILES string of the molecule is CC(O)CC(C)N1CC2(CC2)C1. The molecule has 1 saturated carbocycles. The molecule has 0 aromatic carbocycles. The fourth-order valence-electron chi connectivity index (χ4n) is 2.26. The first-order chi connectivity index (χ1) is 5.61. The Balaban J connectivity index is 1.72. The first kappa shape index (κ1) is 8.52. The molecule has 0 bridgehead atoms. The van der Waals surface area contributed by atoms with Crippen LogP contribution in [0.25, 0.3) is 0 Å². The molecule has 1 saturated heterocycles. The van der Waals surface area contributed by atoms with Gasteiger partial charge in [0.1, 0.15) is 0 Å². The Hall–Kier alpha value is -0.0800. The van der Waals surface area contributed by atoms with Crippen molar-refractivity contribution in [3.63, 3.8) is 0 Å². The van der Waals surface area contributed by atoms with Crippen molar-refractivity contribution in [2.75, 3.05) is 13.1 Å². The number of aliphatic hydroxyl groups is 1.